The summed E-state index contributed by atoms with van der Waals surface area (Å²) in [5.74, 6) is 0. The van der Waals surface area contributed by atoms with Crippen molar-refractivity contribution in [3.8, 4) is 22.3 Å². The number of benzene rings is 4. The number of rotatable bonds is 10. The van der Waals surface area contributed by atoms with E-state index in [0.717, 1.165) is 0 Å². The van der Waals surface area contributed by atoms with Crippen LogP contribution in [-0.2, 0) is 30.8 Å². The second-order valence-electron chi connectivity index (χ2n) is 17.5. The molecule has 0 nitrogen and oxygen atoms in total. The van der Waals surface area contributed by atoms with Crippen LogP contribution >= 0.6 is 0 Å². The van der Waals surface area contributed by atoms with Crippen LogP contribution in [0.2, 0.25) is 8.35 Å². The third-order valence-corrected chi connectivity index (χ3v) is 31.1. The van der Waals surface area contributed by atoms with Crippen LogP contribution < -0.4 is 24.8 Å². The smallest absolute Gasteiger partial charge is 1.00 e. The number of fused-ring (bicyclic) bond motifs is 2. The molecule has 0 radical (unpaired) electrons. The molecule has 0 saturated carbocycles. The molecule has 7 rings (SSSR count). The first-order chi connectivity index (χ1) is 23.5. The van der Waals surface area contributed by atoms with Crippen LogP contribution in [0, 0.1) is 0 Å². The van der Waals surface area contributed by atoms with E-state index in [2.05, 4.69) is 152 Å². The van der Waals surface area contributed by atoms with Crippen molar-refractivity contribution in [2.75, 3.05) is 0 Å². The first kappa shape index (κ1) is 40.0. The molecular formula is C48H58Cl2Hf. The van der Waals surface area contributed by atoms with Gasteiger partial charge in [0.05, 0.1) is 0 Å². The largest absolute Gasteiger partial charge is 1.00 e. The van der Waals surface area contributed by atoms with Gasteiger partial charge in [-0.15, -0.1) is 0 Å². The third-order valence-electron chi connectivity index (χ3n) is 12.0. The summed E-state index contributed by atoms with van der Waals surface area (Å²) in [6, 6.07) is 33.6. The van der Waals surface area contributed by atoms with Gasteiger partial charge in [-0.2, -0.15) is 0 Å². The van der Waals surface area contributed by atoms with Gasteiger partial charge in [-0.3, -0.25) is 0 Å². The number of allylic oxidation sites excluding steroid dienone is 2. The van der Waals surface area contributed by atoms with Crippen molar-refractivity contribution in [2.24, 2.45) is 0 Å². The van der Waals surface area contributed by atoms with Gasteiger partial charge in [0, 0.05) is 0 Å². The third kappa shape index (κ3) is 7.61. The van der Waals surface area contributed by atoms with Gasteiger partial charge in [0.25, 0.3) is 0 Å². The SMILES string of the molecule is CCCCC1=Cc2c(-c3ccc(C(C)(C)C)cc3)cccc2[CH]1[Hf+2]1([CH]2C(CCCC)=Cc3c(-c4ccc(C(C)(C)C)cc4)cccc32)[CH2][CH2]1.[Cl-].[Cl-]. The molecule has 4 aromatic rings. The van der Waals surface area contributed by atoms with Gasteiger partial charge in [0.2, 0.25) is 0 Å². The molecule has 51 heavy (non-hydrogen) atoms. The Bertz CT molecular complexity index is 1760. The van der Waals surface area contributed by atoms with E-state index in [9.17, 15) is 0 Å². The van der Waals surface area contributed by atoms with Crippen molar-refractivity contribution >= 4 is 12.2 Å². The molecule has 2 unspecified atom stereocenters. The number of hydrogen-bond acceptors (Lipinski definition) is 0. The zero-order chi connectivity index (χ0) is 34.6. The van der Waals surface area contributed by atoms with E-state index < -0.39 is 20.0 Å². The first-order valence-corrected chi connectivity index (χ1v) is 28.6. The molecule has 4 aromatic carbocycles. The maximum Gasteiger partial charge on any atom is -1.00 e. The minimum Gasteiger partial charge on any atom is -1.00 e. The van der Waals surface area contributed by atoms with Crippen LogP contribution in [0.4, 0.5) is 0 Å². The van der Waals surface area contributed by atoms with Crippen LogP contribution in [0.15, 0.2) is 96.1 Å². The Balaban J connectivity index is 0.00000252. The standard InChI is InChI=1S/2C23H27.C2H4.2ClH.Hf/c2*1-5-6-8-17-15-19-9-7-10-21(22(19)16-17)18-11-13-20(14-12-18)23(2,3)4;1-2;;;/h2*7,9-16H,5-6,8H2,1-4H3;1-2H2;2*1H;/q;;;;;+2/p-2. The summed E-state index contributed by atoms with van der Waals surface area (Å²) in [4.78, 5) is 0. The van der Waals surface area contributed by atoms with Crippen molar-refractivity contribution in [2.45, 2.75) is 120 Å². The molecule has 0 bridgehead atoms. The maximum absolute atomic E-state index is 2.98. The van der Waals surface area contributed by atoms with Gasteiger partial charge < -0.3 is 24.8 Å². The van der Waals surface area contributed by atoms with Crippen LogP contribution in [0.3, 0.4) is 0 Å². The Labute approximate surface area is 326 Å². The molecule has 0 aromatic heterocycles. The van der Waals surface area contributed by atoms with Gasteiger partial charge in [-0.05, 0) is 0 Å². The quantitative estimate of drug-likeness (QED) is 0.140. The normalized spacial score (nSPS) is 18.0. The van der Waals surface area contributed by atoms with Crippen LogP contribution in [0.5, 0.6) is 0 Å². The molecule has 1 heterocycles. The second-order valence-corrected chi connectivity index (χ2v) is 34.1. The van der Waals surface area contributed by atoms with Crippen molar-refractivity contribution in [1.82, 2.24) is 0 Å². The van der Waals surface area contributed by atoms with Crippen molar-refractivity contribution in [3.63, 3.8) is 0 Å². The minimum absolute atomic E-state index is 0. The zero-order valence-electron chi connectivity index (χ0n) is 32.3. The Kier molecular flexibility index (Phi) is 12.3. The van der Waals surface area contributed by atoms with Crippen LogP contribution in [0.25, 0.3) is 34.4 Å². The van der Waals surface area contributed by atoms with Crippen LogP contribution in [0.1, 0.15) is 135 Å². The topological polar surface area (TPSA) is 0 Å². The molecule has 1 aliphatic heterocycles. The van der Waals surface area contributed by atoms with E-state index in [0.29, 0.717) is 7.35 Å². The Hall–Kier alpha value is -2.19. The number of hydrogen-bond donors (Lipinski definition) is 0. The van der Waals surface area contributed by atoms with Crippen molar-refractivity contribution in [1.29, 1.82) is 0 Å². The molecule has 3 heteroatoms. The summed E-state index contributed by atoms with van der Waals surface area (Å²) < 4.78 is 4.48. The fourth-order valence-electron chi connectivity index (χ4n) is 9.17. The zero-order valence-corrected chi connectivity index (χ0v) is 37.4. The average molecular weight is 884 g/mol. The molecule has 0 N–H and O–H groups in total. The first-order valence-electron chi connectivity index (χ1n) is 19.3. The predicted octanol–water partition coefficient (Wildman–Crippen LogP) is 8.58. The molecule has 0 amide bonds. The summed E-state index contributed by atoms with van der Waals surface area (Å²) in [5.41, 5.74) is 18.8. The van der Waals surface area contributed by atoms with Gasteiger partial charge in [0.15, 0.2) is 0 Å². The Morgan fingerprint density at radius 2 is 0.902 bits per heavy atom. The van der Waals surface area contributed by atoms with Crippen molar-refractivity contribution < 1.29 is 44.8 Å². The van der Waals surface area contributed by atoms with E-state index in [4.69, 9.17) is 0 Å². The van der Waals surface area contributed by atoms with E-state index in [-0.39, 0.29) is 35.6 Å². The molecule has 0 spiro atoms. The molecule has 268 valence electrons. The Morgan fingerprint density at radius 1 is 0.529 bits per heavy atom. The van der Waals surface area contributed by atoms with Gasteiger partial charge in [-0.25, -0.2) is 0 Å². The predicted molar refractivity (Wildman–Crippen MR) is 211 cm³/mol. The summed E-state index contributed by atoms with van der Waals surface area (Å²) in [5, 5.41) is 0. The fourth-order valence-corrected chi connectivity index (χ4v) is 37.2. The number of halogens is 2. The van der Waals surface area contributed by atoms with Gasteiger partial charge >= 0.3 is 304 Å². The molecule has 2 atom stereocenters. The summed E-state index contributed by atoms with van der Waals surface area (Å²) in [7, 11) is 0. The summed E-state index contributed by atoms with van der Waals surface area (Å²) in [6.45, 7) is 18.6. The molecule has 3 aliphatic rings. The molecule has 1 saturated heterocycles. The van der Waals surface area contributed by atoms with E-state index >= 15 is 0 Å². The Morgan fingerprint density at radius 3 is 1.22 bits per heavy atom. The maximum atomic E-state index is 2.70. The fraction of sp³-hybridized carbons (Fsp3) is 0.417. The monoisotopic (exact) mass is 884 g/mol. The second kappa shape index (κ2) is 15.7. The van der Waals surface area contributed by atoms with E-state index in [1.165, 1.54) is 80.3 Å². The van der Waals surface area contributed by atoms with E-state index in [1.54, 1.807) is 33.4 Å². The summed E-state index contributed by atoms with van der Waals surface area (Å²) >= 11 is -2.98. The molecular weight excluding hydrogens is 826 g/mol. The number of unbranched alkanes of at least 4 members (excludes halogenated alkanes) is 2. The van der Waals surface area contributed by atoms with Crippen molar-refractivity contribution in [3.05, 3.63) is 129 Å². The minimum atomic E-state index is -2.98. The molecule has 1 fully saturated rings. The van der Waals surface area contributed by atoms with Gasteiger partial charge in [-0.1, -0.05) is 0 Å². The summed E-state index contributed by atoms with van der Waals surface area (Å²) in [6.07, 6.45) is 13.0. The average Bonchev–Trinajstić information content (AvgIpc) is 3.62. The molecule has 2 aliphatic carbocycles. The van der Waals surface area contributed by atoms with Gasteiger partial charge in [0.1, 0.15) is 0 Å². The van der Waals surface area contributed by atoms with Crippen LogP contribution in [-0.4, -0.2) is 0 Å². The van der Waals surface area contributed by atoms with E-state index in [1.807, 2.05) is 0 Å².